The molecule has 5 heteroatoms. The van der Waals surface area contributed by atoms with Crippen molar-refractivity contribution in [2.24, 2.45) is 0 Å². The van der Waals surface area contributed by atoms with Gasteiger partial charge < -0.3 is 19.4 Å². The Morgan fingerprint density at radius 2 is 2.31 bits per heavy atom. The molecule has 1 aromatic rings. The number of ketones is 1. The van der Waals surface area contributed by atoms with E-state index < -0.39 is 24.3 Å². The maximum absolute atomic E-state index is 10.6. The number of rotatable bonds is 4. The lowest BCUT2D eigenvalue weighted by Crippen LogP contribution is -2.32. The number of carbonyl (C=O) groups excluding carboxylic acids is 2. The Balaban J connectivity index is 2.56. The molecular formula is C8H7O5-. The molecule has 0 bridgehead atoms. The summed E-state index contributed by atoms with van der Waals surface area (Å²) in [5, 5.41) is 19.2. The van der Waals surface area contributed by atoms with Gasteiger partial charge in [0.15, 0.2) is 5.78 Å². The third kappa shape index (κ3) is 2.41. The first kappa shape index (κ1) is 9.47. The Bertz CT molecular complexity index is 300. The van der Waals surface area contributed by atoms with E-state index >= 15 is 0 Å². The van der Waals surface area contributed by atoms with Gasteiger partial charge in [-0.05, 0) is 12.1 Å². The van der Waals surface area contributed by atoms with Crippen LogP contribution in [0.2, 0.25) is 0 Å². The fraction of sp³-hybridized carbons (Fsp3) is 0.250. The maximum atomic E-state index is 10.6. The fourth-order valence-electron chi connectivity index (χ4n) is 0.840. The van der Waals surface area contributed by atoms with E-state index in [0.29, 0.717) is 0 Å². The molecule has 0 aromatic carbocycles. The van der Waals surface area contributed by atoms with Crippen molar-refractivity contribution in [2.45, 2.75) is 12.5 Å². The molecule has 0 aliphatic heterocycles. The van der Waals surface area contributed by atoms with Gasteiger partial charge in [0, 0.05) is 6.42 Å². The van der Waals surface area contributed by atoms with Crippen molar-refractivity contribution < 1.29 is 24.2 Å². The molecule has 0 saturated carbocycles. The summed E-state index contributed by atoms with van der Waals surface area (Å²) >= 11 is 0. The number of furan rings is 1. The van der Waals surface area contributed by atoms with Crippen LogP contribution in [0.1, 0.15) is 18.3 Å². The number of carbonyl (C=O) groups is 2. The van der Waals surface area contributed by atoms with Crippen molar-refractivity contribution in [1.29, 1.82) is 0 Å². The van der Waals surface area contributed by atoms with Crippen molar-refractivity contribution in [3.8, 4) is 0 Å². The van der Waals surface area contributed by atoms with Crippen LogP contribution in [0.3, 0.4) is 0 Å². The molecule has 0 amide bonds. The molecule has 1 unspecified atom stereocenters. The van der Waals surface area contributed by atoms with Crippen molar-refractivity contribution >= 4 is 11.8 Å². The Labute approximate surface area is 73.6 Å². The monoisotopic (exact) mass is 183 g/mol. The minimum atomic E-state index is -1.80. The largest absolute Gasteiger partial charge is 0.542 e. The van der Waals surface area contributed by atoms with Gasteiger partial charge in [-0.1, -0.05) is 0 Å². The van der Waals surface area contributed by atoms with E-state index in [1.54, 1.807) is 0 Å². The molecule has 0 saturated heterocycles. The van der Waals surface area contributed by atoms with Crippen molar-refractivity contribution in [3.05, 3.63) is 24.2 Å². The van der Waals surface area contributed by atoms with Crippen LogP contribution in [0.4, 0.5) is 0 Å². The van der Waals surface area contributed by atoms with Gasteiger partial charge in [0.25, 0.3) is 0 Å². The Hall–Kier alpha value is -1.62. The molecule has 1 N–H and O–H groups in total. The maximum Gasteiger partial charge on any atom is 0.181 e. The number of Topliss-reactive ketones (excluding diaryl/α,β-unsaturated/α-hetero) is 1. The molecule has 70 valence electrons. The second-order valence-corrected chi connectivity index (χ2v) is 2.45. The van der Waals surface area contributed by atoms with Crippen molar-refractivity contribution in [3.63, 3.8) is 0 Å². The Morgan fingerprint density at radius 1 is 1.62 bits per heavy atom. The van der Waals surface area contributed by atoms with Gasteiger partial charge in [0.1, 0.15) is 17.8 Å². The van der Waals surface area contributed by atoms with Gasteiger partial charge >= 0.3 is 0 Å². The van der Waals surface area contributed by atoms with Gasteiger partial charge in [-0.15, -0.1) is 0 Å². The molecule has 0 fully saturated rings. The second-order valence-electron chi connectivity index (χ2n) is 2.45. The van der Waals surface area contributed by atoms with Gasteiger partial charge in [-0.2, -0.15) is 0 Å². The molecule has 1 aromatic heterocycles. The summed E-state index contributed by atoms with van der Waals surface area (Å²) in [6, 6.07) is 2.98. The lowest BCUT2D eigenvalue weighted by atomic mass is 10.1. The van der Waals surface area contributed by atoms with E-state index in [2.05, 4.69) is 0 Å². The first-order valence-electron chi connectivity index (χ1n) is 3.57. The average Bonchev–Trinajstić information content (AvgIpc) is 2.55. The highest BCUT2D eigenvalue weighted by atomic mass is 16.4. The third-order valence-electron chi connectivity index (χ3n) is 1.48. The van der Waals surface area contributed by atoms with Crippen LogP contribution < -0.4 is 5.11 Å². The number of aliphatic carboxylic acids is 1. The van der Waals surface area contributed by atoms with Gasteiger partial charge in [-0.25, -0.2) is 0 Å². The highest BCUT2D eigenvalue weighted by Gasteiger charge is 2.15. The number of hydrogen-bond donors (Lipinski definition) is 1. The van der Waals surface area contributed by atoms with Crippen molar-refractivity contribution in [2.75, 3.05) is 0 Å². The first-order chi connectivity index (χ1) is 6.11. The lowest BCUT2D eigenvalue weighted by Gasteiger charge is -2.06. The van der Waals surface area contributed by atoms with Gasteiger partial charge in [0.05, 0.1) is 6.26 Å². The zero-order valence-electron chi connectivity index (χ0n) is 6.60. The van der Waals surface area contributed by atoms with E-state index in [1.807, 2.05) is 0 Å². The number of carboxylic acid groups (broad SMARTS) is 1. The summed E-state index contributed by atoms with van der Waals surface area (Å²) in [5.74, 6) is -2.79. The topological polar surface area (TPSA) is 90.6 Å². The average molecular weight is 183 g/mol. The van der Waals surface area contributed by atoms with Crippen LogP contribution in [0.25, 0.3) is 0 Å². The quantitative estimate of drug-likeness (QED) is 0.606. The van der Waals surface area contributed by atoms with E-state index in [1.165, 1.54) is 18.4 Å². The SMILES string of the molecule is O=C([O-])C(=O)CC(O)c1ccco1. The molecule has 1 atom stereocenters. The molecule has 1 heterocycles. The van der Waals surface area contributed by atoms with E-state index in [9.17, 15) is 19.8 Å². The zero-order valence-corrected chi connectivity index (χ0v) is 6.60. The summed E-state index contributed by atoms with van der Waals surface area (Å²) in [5.41, 5.74) is 0. The smallest absolute Gasteiger partial charge is 0.181 e. The fourth-order valence-corrected chi connectivity index (χ4v) is 0.840. The standard InChI is InChI=1S/C8H8O5/c9-5(4-6(10)8(11)12)7-2-1-3-13-7/h1-3,5,9H,4H2,(H,11,12)/p-1. The molecule has 0 radical (unpaired) electrons. The first-order valence-corrected chi connectivity index (χ1v) is 3.57. The highest BCUT2D eigenvalue weighted by molar-refractivity contribution is 6.31. The molecule has 0 aliphatic rings. The van der Waals surface area contributed by atoms with Crippen LogP contribution >= 0.6 is 0 Å². The molecular weight excluding hydrogens is 176 g/mol. The van der Waals surface area contributed by atoms with E-state index in [-0.39, 0.29) is 5.76 Å². The minimum absolute atomic E-state index is 0.162. The number of aliphatic hydroxyl groups is 1. The number of aliphatic hydroxyl groups excluding tert-OH is 1. The van der Waals surface area contributed by atoms with Crippen LogP contribution in [0.5, 0.6) is 0 Å². The van der Waals surface area contributed by atoms with Crippen LogP contribution in [-0.4, -0.2) is 16.9 Å². The number of hydrogen-bond acceptors (Lipinski definition) is 5. The summed E-state index contributed by atoms with van der Waals surface area (Å²) in [6.45, 7) is 0. The Kier molecular flexibility index (Phi) is 2.81. The molecule has 0 spiro atoms. The number of carboxylic acids is 1. The lowest BCUT2D eigenvalue weighted by molar-refractivity contribution is -0.300. The second kappa shape index (κ2) is 3.86. The van der Waals surface area contributed by atoms with E-state index in [0.717, 1.165) is 0 Å². The molecule has 5 nitrogen and oxygen atoms in total. The van der Waals surface area contributed by atoms with E-state index in [4.69, 9.17) is 4.42 Å². The molecule has 1 rings (SSSR count). The zero-order chi connectivity index (χ0) is 9.84. The summed E-state index contributed by atoms with van der Waals surface area (Å²) < 4.78 is 4.76. The summed E-state index contributed by atoms with van der Waals surface area (Å²) in [6.07, 6.45) is -0.432. The minimum Gasteiger partial charge on any atom is -0.542 e. The highest BCUT2D eigenvalue weighted by Crippen LogP contribution is 2.16. The van der Waals surface area contributed by atoms with Crippen LogP contribution in [0.15, 0.2) is 22.8 Å². The predicted octanol–water partition coefficient (Wildman–Crippen LogP) is -0.978. The van der Waals surface area contributed by atoms with Crippen LogP contribution in [0, 0.1) is 0 Å². The van der Waals surface area contributed by atoms with Gasteiger partial charge in [0.2, 0.25) is 0 Å². The Morgan fingerprint density at radius 3 is 2.77 bits per heavy atom. The third-order valence-corrected chi connectivity index (χ3v) is 1.48. The summed E-state index contributed by atoms with van der Waals surface area (Å²) in [4.78, 5) is 20.6. The van der Waals surface area contributed by atoms with Crippen LogP contribution in [-0.2, 0) is 9.59 Å². The molecule has 13 heavy (non-hydrogen) atoms. The normalized spacial score (nSPS) is 12.4. The summed E-state index contributed by atoms with van der Waals surface area (Å²) in [7, 11) is 0. The molecule has 0 aliphatic carbocycles. The predicted molar refractivity (Wildman–Crippen MR) is 38.3 cm³/mol. The van der Waals surface area contributed by atoms with Crippen molar-refractivity contribution in [1.82, 2.24) is 0 Å². The van der Waals surface area contributed by atoms with Gasteiger partial charge in [-0.3, -0.25) is 4.79 Å².